The van der Waals surface area contributed by atoms with Gasteiger partial charge in [0.2, 0.25) is 5.91 Å². The Morgan fingerprint density at radius 2 is 1.84 bits per heavy atom. The molecule has 0 spiro atoms. The van der Waals surface area contributed by atoms with Crippen LogP contribution < -0.4 is 11.1 Å². The van der Waals surface area contributed by atoms with Crippen molar-refractivity contribution in [2.45, 2.75) is 16.7 Å². The zero-order valence-electron chi connectivity index (χ0n) is 10.3. The van der Waals surface area contributed by atoms with Gasteiger partial charge < -0.3 is 11.1 Å². The third kappa shape index (κ3) is 3.99. The van der Waals surface area contributed by atoms with Crippen molar-refractivity contribution < 1.29 is 9.18 Å². The second-order valence-electron chi connectivity index (χ2n) is 4.03. The number of carbonyl (C=O) groups is 1. The molecule has 1 amide bonds. The van der Waals surface area contributed by atoms with Crippen molar-refractivity contribution in [2.75, 3.05) is 11.1 Å². The first-order chi connectivity index (χ1) is 9.02. The molecule has 0 aliphatic heterocycles. The van der Waals surface area contributed by atoms with Crippen LogP contribution in [0.3, 0.4) is 0 Å². The fourth-order valence-electron chi connectivity index (χ4n) is 1.59. The Hall–Kier alpha value is -2.01. The van der Waals surface area contributed by atoms with Crippen LogP contribution in [0.4, 0.5) is 15.8 Å². The number of carbonyl (C=O) groups excluding carboxylic acids is 1. The number of halogens is 1. The Morgan fingerprint density at radius 1 is 1.16 bits per heavy atom. The molecule has 2 aromatic rings. The van der Waals surface area contributed by atoms with Crippen LogP contribution in [0.2, 0.25) is 0 Å². The van der Waals surface area contributed by atoms with E-state index in [4.69, 9.17) is 5.73 Å². The van der Waals surface area contributed by atoms with E-state index in [1.807, 2.05) is 12.1 Å². The molecule has 2 aromatic carbocycles. The zero-order valence-corrected chi connectivity index (χ0v) is 11.1. The standard InChI is InChI=1S/C14H13FN2OS/c1-9(18)17-12-2-4-13(5-3-12)19-14-7-10(15)6-11(16)8-14/h2-8H,16H2,1H3,(H,17,18). The van der Waals surface area contributed by atoms with Gasteiger partial charge in [0.05, 0.1) is 0 Å². The fraction of sp³-hybridized carbons (Fsp3) is 0.0714. The molecule has 2 rings (SSSR count). The SMILES string of the molecule is CC(=O)Nc1ccc(Sc2cc(N)cc(F)c2)cc1. The van der Waals surface area contributed by atoms with Gasteiger partial charge in [-0.3, -0.25) is 4.79 Å². The Morgan fingerprint density at radius 3 is 2.42 bits per heavy atom. The molecule has 0 bridgehead atoms. The van der Waals surface area contributed by atoms with Gasteiger partial charge in [0.15, 0.2) is 0 Å². The van der Waals surface area contributed by atoms with Crippen molar-refractivity contribution in [2.24, 2.45) is 0 Å². The number of nitrogens with one attached hydrogen (secondary N) is 1. The maximum absolute atomic E-state index is 13.2. The normalized spacial score (nSPS) is 10.2. The van der Waals surface area contributed by atoms with Gasteiger partial charge in [-0.05, 0) is 42.5 Å². The largest absolute Gasteiger partial charge is 0.399 e. The molecule has 0 aliphatic rings. The van der Waals surface area contributed by atoms with Crippen molar-refractivity contribution >= 4 is 29.0 Å². The van der Waals surface area contributed by atoms with E-state index in [-0.39, 0.29) is 11.7 Å². The lowest BCUT2D eigenvalue weighted by Gasteiger charge is -2.05. The van der Waals surface area contributed by atoms with E-state index in [2.05, 4.69) is 5.32 Å². The monoisotopic (exact) mass is 276 g/mol. The number of amides is 1. The van der Waals surface area contributed by atoms with Gasteiger partial charge in [-0.2, -0.15) is 0 Å². The molecule has 0 atom stereocenters. The van der Waals surface area contributed by atoms with Crippen molar-refractivity contribution in [1.82, 2.24) is 0 Å². The quantitative estimate of drug-likeness (QED) is 0.843. The lowest BCUT2D eigenvalue weighted by Crippen LogP contribution is -2.05. The van der Waals surface area contributed by atoms with Gasteiger partial charge in [0, 0.05) is 28.1 Å². The first-order valence-corrected chi connectivity index (χ1v) is 6.46. The minimum Gasteiger partial charge on any atom is -0.399 e. The summed E-state index contributed by atoms with van der Waals surface area (Å²) >= 11 is 1.41. The highest BCUT2D eigenvalue weighted by molar-refractivity contribution is 7.99. The summed E-state index contributed by atoms with van der Waals surface area (Å²) in [7, 11) is 0. The number of hydrogen-bond donors (Lipinski definition) is 2. The van der Waals surface area contributed by atoms with Crippen LogP contribution in [-0.2, 0) is 4.79 Å². The first-order valence-electron chi connectivity index (χ1n) is 5.64. The molecule has 0 radical (unpaired) electrons. The van der Waals surface area contributed by atoms with Gasteiger partial charge in [-0.1, -0.05) is 11.8 Å². The second-order valence-corrected chi connectivity index (χ2v) is 5.17. The Kier molecular flexibility index (Phi) is 4.06. The van der Waals surface area contributed by atoms with E-state index in [1.165, 1.54) is 30.8 Å². The van der Waals surface area contributed by atoms with Crippen LogP contribution >= 0.6 is 11.8 Å². The van der Waals surface area contributed by atoms with Gasteiger partial charge in [0.1, 0.15) is 5.82 Å². The van der Waals surface area contributed by atoms with Crippen molar-refractivity contribution in [3.05, 3.63) is 48.3 Å². The van der Waals surface area contributed by atoms with Crippen LogP contribution in [0.25, 0.3) is 0 Å². The predicted molar refractivity (Wildman–Crippen MR) is 75.7 cm³/mol. The number of benzene rings is 2. The van der Waals surface area contributed by atoms with Crippen LogP contribution in [0.15, 0.2) is 52.3 Å². The lowest BCUT2D eigenvalue weighted by atomic mass is 10.3. The van der Waals surface area contributed by atoms with Gasteiger partial charge in [-0.15, -0.1) is 0 Å². The maximum atomic E-state index is 13.2. The molecule has 0 aromatic heterocycles. The van der Waals surface area contributed by atoms with Gasteiger partial charge in [-0.25, -0.2) is 4.39 Å². The summed E-state index contributed by atoms with van der Waals surface area (Å²) in [6.07, 6.45) is 0. The third-order valence-corrected chi connectivity index (χ3v) is 3.28. The third-order valence-electron chi connectivity index (χ3n) is 2.30. The van der Waals surface area contributed by atoms with Gasteiger partial charge in [0.25, 0.3) is 0 Å². The smallest absolute Gasteiger partial charge is 0.221 e. The highest BCUT2D eigenvalue weighted by Gasteiger charge is 2.02. The minimum absolute atomic E-state index is 0.113. The van der Waals surface area contributed by atoms with E-state index in [9.17, 15) is 9.18 Å². The van der Waals surface area contributed by atoms with Crippen LogP contribution in [0, 0.1) is 5.82 Å². The van der Waals surface area contributed by atoms with Crippen LogP contribution in [-0.4, -0.2) is 5.91 Å². The second kappa shape index (κ2) is 5.75. The fourth-order valence-corrected chi connectivity index (χ4v) is 2.50. The Labute approximate surface area is 115 Å². The molecule has 3 N–H and O–H groups in total. The highest BCUT2D eigenvalue weighted by Crippen LogP contribution is 2.30. The summed E-state index contributed by atoms with van der Waals surface area (Å²) in [5.74, 6) is -0.462. The summed E-state index contributed by atoms with van der Waals surface area (Å²) in [5, 5.41) is 2.69. The van der Waals surface area contributed by atoms with Crippen molar-refractivity contribution in [3.8, 4) is 0 Å². The predicted octanol–water partition coefficient (Wildman–Crippen LogP) is 3.52. The molecule has 0 saturated carbocycles. The molecule has 98 valence electrons. The highest BCUT2D eigenvalue weighted by atomic mass is 32.2. The summed E-state index contributed by atoms with van der Waals surface area (Å²) in [6, 6.07) is 11.7. The van der Waals surface area contributed by atoms with Crippen LogP contribution in [0.1, 0.15) is 6.92 Å². The molecular formula is C14H13FN2OS. The molecule has 3 nitrogen and oxygen atoms in total. The minimum atomic E-state index is -0.350. The number of nitrogens with two attached hydrogens (primary N) is 1. The molecule has 0 saturated heterocycles. The summed E-state index contributed by atoms with van der Waals surface area (Å²) in [6.45, 7) is 1.46. The van der Waals surface area contributed by atoms with E-state index in [0.29, 0.717) is 5.69 Å². The van der Waals surface area contributed by atoms with Crippen molar-refractivity contribution in [3.63, 3.8) is 0 Å². The lowest BCUT2D eigenvalue weighted by molar-refractivity contribution is -0.114. The average Bonchev–Trinajstić information content (AvgIpc) is 2.29. The molecule has 0 unspecified atom stereocenters. The maximum Gasteiger partial charge on any atom is 0.221 e. The summed E-state index contributed by atoms with van der Waals surface area (Å²) < 4.78 is 13.2. The first kappa shape index (κ1) is 13.4. The Bertz CT molecular complexity index is 579. The molecular weight excluding hydrogens is 263 g/mol. The van der Waals surface area contributed by atoms with E-state index >= 15 is 0 Å². The van der Waals surface area contributed by atoms with E-state index in [1.54, 1.807) is 18.2 Å². The molecule has 0 heterocycles. The Balaban J connectivity index is 2.12. The zero-order chi connectivity index (χ0) is 13.8. The average molecular weight is 276 g/mol. The molecule has 0 fully saturated rings. The van der Waals surface area contributed by atoms with Gasteiger partial charge >= 0.3 is 0 Å². The summed E-state index contributed by atoms with van der Waals surface area (Å²) in [4.78, 5) is 12.6. The number of hydrogen-bond acceptors (Lipinski definition) is 3. The molecule has 0 aliphatic carbocycles. The number of anilines is 2. The molecule has 19 heavy (non-hydrogen) atoms. The topological polar surface area (TPSA) is 55.1 Å². The van der Waals surface area contributed by atoms with E-state index in [0.717, 1.165) is 15.5 Å². The summed E-state index contributed by atoms with van der Waals surface area (Å²) in [5.41, 5.74) is 6.72. The van der Waals surface area contributed by atoms with Crippen molar-refractivity contribution in [1.29, 1.82) is 0 Å². The molecule has 5 heteroatoms. The van der Waals surface area contributed by atoms with E-state index < -0.39 is 0 Å². The number of rotatable bonds is 3. The van der Waals surface area contributed by atoms with Crippen LogP contribution in [0.5, 0.6) is 0 Å². The number of nitrogen functional groups attached to an aromatic ring is 1.